The number of rotatable bonds is 4. The molecule has 2 heterocycles. The van der Waals surface area contributed by atoms with E-state index in [1.807, 2.05) is 12.1 Å². The van der Waals surface area contributed by atoms with E-state index < -0.39 is 0 Å². The molecule has 0 spiro atoms. The lowest BCUT2D eigenvalue weighted by Gasteiger charge is -2.29. The van der Waals surface area contributed by atoms with Crippen LogP contribution in [0.25, 0.3) is 21.8 Å². The number of likely N-dealkylation sites (tertiary alicyclic amines) is 1. The summed E-state index contributed by atoms with van der Waals surface area (Å²) in [6.07, 6.45) is 2.73. The molecule has 0 bridgehead atoms. The Balaban J connectivity index is 0.000000178. The van der Waals surface area contributed by atoms with Crippen molar-refractivity contribution in [3.8, 4) is 0 Å². The van der Waals surface area contributed by atoms with Crippen LogP contribution in [0.2, 0.25) is 0 Å². The van der Waals surface area contributed by atoms with Gasteiger partial charge in [-0.05, 0) is 55.5 Å². The molecule has 1 aliphatic heterocycles. The maximum absolute atomic E-state index is 5.03. The Hall–Kier alpha value is -1.97. The molecule has 0 atom stereocenters. The first-order chi connectivity index (χ1) is 13.6. The van der Waals surface area contributed by atoms with Crippen molar-refractivity contribution in [3.63, 3.8) is 0 Å². The zero-order chi connectivity index (χ0) is 19.9. The van der Waals surface area contributed by atoms with Gasteiger partial charge in [0, 0.05) is 24.4 Å². The molecule has 3 nitrogen and oxygen atoms in total. The summed E-state index contributed by atoms with van der Waals surface area (Å²) in [5, 5.41) is 2.56. The minimum Gasteiger partial charge on any atom is -0.383 e. The molecule has 0 radical (unpaired) electrons. The van der Waals surface area contributed by atoms with E-state index in [0.29, 0.717) is 5.92 Å². The molecule has 1 aromatic heterocycles. The second-order valence-electron chi connectivity index (χ2n) is 8.23. The topological polar surface area (TPSA) is 25.4 Å². The second-order valence-corrected chi connectivity index (χ2v) is 8.23. The maximum Gasteiger partial charge on any atom is 0.0712 e. The van der Waals surface area contributed by atoms with E-state index in [4.69, 9.17) is 9.72 Å². The summed E-state index contributed by atoms with van der Waals surface area (Å²) in [6.45, 7) is 11.4. The van der Waals surface area contributed by atoms with Crippen LogP contribution >= 0.6 is 0 Å². The van der Waals surface area contributed by atoms with E-state index in [1.165, 1.54) is 42.3 Å². The van der Waals surface area contributed by atoms with Crippen LogP contribution in [-0.2, 0) is 4.74 Å². The number of hydrogen-bond acceptors (Lipinski definition) is 3. The van der Waals surface area contributed by atoms with Crippen molar-refractivity contribution >= 4 is 21.8 Å². The number of pyridine rings is 1. The lowest BCUT2D eigenvalue weighted by atomic mass is 9.94. The Morgan fingerprint density at radius 1 is 0.964 bits per heavy atom. The second kappa shape index (κ2) is 9.99. The molecule has 4 rings (SSSR count). The highest BCUT2D eigenvalue weighted by molar-refractivity contribution is 5.97. The number of nitrogens with zero attached hydrogens (tertiary/aromatic N) is 2. The van der Waals surface area contributed by atoms with Crippen LogP contribution in [0.3, 0.4) is 0 Å². The van der Waals surface area contributed by atoms with Gasteiger partial charge in [0.1, 0.15) is 0 Å². The monoisotopic (exact) mass is 378 g/mol. The molecule has 0 amide bonds. The van der Waals surface area contributed by atoms with Crippen molar-refractivity contribution in [2.24, 2.45) is 5.92 Å². The first-order valence-corrected chi connectivity index (χ1v) is 10.6. The lowest BCUT2D eigenvalue weighted by Crippen LogP contribution is -2.35. The molecule has 1 saturated heterocycles. The van der Waals surface area contributed by atoms with Gasteiger partial charge in [-0.1, -0.05) is 57.2 Å². The SMILES string of the molecule is CC(C)c1c2ccccc2nc2ccccc12.COCCN1CCC(C)CC1. The number of methoxy groups -OCH3 is 1. The van der Waals surface area contributed by atoms with Crippen LogP contribution in [-0.4, -0.2) is 43.2 Å². The van der Waals surface area contributed by atoms with Gasteiger partial charge in [0.15, 0.2) is 0 Å². The zero-order valence-electron chi connectivity index (χ0n) is 17.8. The Labute approximate surface area is 169 Å². The molecule has 0 saturated carbocycles. The number of hydrogen-bond donors (Lipinski definition) is 0. The van der Waals surface area contributed by atoms with E-state index in [2.05, 4.69) is 62.1 Å². The minimum absolute atomic E-state index is 0.507. The quantitative estimate of drug-likeness (QED) is 0.530. The number of benzene rings is 2. The molecular weight excluding hydrogens is 344 g/mol. The van der Waals surface area contributed by atoms with E-state index in [9.17, 15) is 0 Å². The molecule has 1 fully saturated rings. The van der Waals surface area contributed by atoms with Crippen molar-refractivity contribution in [3.05, 3.63) is 54.1 Å². The van der Waals surface area contributed by atoms with Gasteiger partial charge in [0.2, 0.25) is 0 Å². The molecule has 0 N–H and O–H groups in total. The molecular formula is C25H34N2O. The average Bonchev–Trinajstić information content (AvgIpc) is 2.72. The van der Waals surface area contributed by atoms with Crippen molar-refractivity contribution in [2.45, 2.75) is 39.5 Å². The zero-order valence-corrected chi connectivity index (χ0v) is 17.8. The van der Waals surface area contributed by atoms with Gasteiger partial charge >= 0.3 is 0 Å². The standard InChI is InChI=1S/C16H15N.C9H19NO/c1-11(2)16-12-7-3-5-9-14(12)17-15-10-6-4-8-13(15)16;1-9-3-5-10(6-4-9)7-8-11-2/h3-11H,1-2H3;9H,3-8H2,1-2H3. The summed E-state index contributed by atoms with van der Waals surface area (Å²) in [5.74, 6) is 1.45. The fourth-order valence-electron chi connectivity index (χ4n) is 4.00. The average molecular weight is 379 g/mol. The fraction of sp³-hybridized carbons (Fsp3) is 0.480. The van der Waals surface area contributed by atoms with Crippen LogP contribution in [0, 0.1) is 5.92 Å². The van der Waals surface area contributed by atoms with E-state index in [-0.39, 0.29) is 0 Å². The van der Waals surface area contributed by atoms with Gasteiger partial charge in [-0.25, -0.2) is 4.98 Å². The van der Waals surface area contributed by atoms with Crippen LogP contribution in [0.5, 0.6) is 0 Å². The number of piperidine rings is 1. The van der Waals surface area contributed by atoms with Crippen molar-refractivity contribution < 1.29 is 4.74 Å². The van der Waals surface area contributed by atoms with Gasteiger partial charge in [-0.3, -0.25) is 0 Å². The van der Waals surface area contributed by atoms with Crippen molar-refractivity contribution in [1.29, 1.82) is 0 Å². The van der Waals surface area contributed by atoms with Crippen LogP contribution in [0.4, 0.5) is 0 Å². The Morgan fingerprint density at radius 2 is 1.50 bits per heavy atom. The summed E-state index contributed by atoms with van der Waals surface area (Å²) in [6, 6.07) is 16.8. The number of ether oxygens (including phenoxy) is 1. The lowest BCUT2D eigenvalue weighted by molar-refractivity contribution is 0.123. The highest BCUT2D eigenvalue weighted by Crippen LogP contribution is 2.31. The van der Waals surface area contributed by atoms with Crippen LogP contribution in [0.1, 0.15) is 45.1 Å². The summed E-state index contributed by atoms with van der Waals surface area (Å²) < 4.78 is 5.03. The van der Waals surface area contributed by atoms with Crippen molar-refractivity contribution in [1.82, 2.24) is 9.88 Å². The number of para-hydroxylation sites is 2. The highest BCUT2D eigenvalue weighted by Gasteiger charge is 2.14. The van der Waals surface area contributed by atoms with Gasteiger partial charge < -0.3 is 9.64 Å². The van der Waals surface area contributed by atoms with E-state index in [1.54, 1.807) is 7.11 Å². The number of aromatic nitrogens is 1. The van der Waals surface area contributed by atoms with Crippen molar-refractivity contribution in [2.75, 3.05) is 33.4 Å². The smallest absolute Gasteiger partial charge is 0.0712 e. The van der Waals surface area contributed by atoms with E-state index >= 15 is 0 Å². The normalized spacial score (nSPS) is 15.8. The molecule has 3 heteroatoms. The van der Waals surface area contributed by atoms with E-state index in [0.717, 1.165) is 30.1 Å². The maximum atomic E-state index is 5.03. The van der Waals surface area contributed by atoms with Gasteiger partial charge in [-0.15, -0.1) is 0 Å². The highest BCUT2D eigenvalue weighted by atomic mass is 16.5. The minimum atomic E-state index is 0.507. The van der Waals surface area contributed by atoms with Gasteiger partial charge in [-0.2, -0.15) is 0 Å². The largest absolute Gasteiger partial charge is 0.383 e. The van der Waals surface area contributed by atoms with Crippen LogP contribution in [0.15, 0.2) is 48.5 Å². The third-order valence-corrected chi connectivity index (χ3v) is 5.69. The summed E-state index contributed by atoms with van der Waals surface area (Å²) in [4.78, 5) is 7.21. The Morgan fingerprint density at radius 3 is 2.00 bits per heavy atom. The molecule has 28 heavy (non-hydrogen) atoms. The van der Waals surface area contributed by atoms with Crippen LogP contribution < -0.4 is 0 Å². The third kappa shape index (κ3) is 5.09. The molecule has 0 unspecified atom stereocenters. The molecule has 2 aromatic carbocycles. The van der Waals surface area contributed by atoms with Gasteiger partial charge in [0.25, 0.3) is 0 Å². The summed E-state index contributed by atoms with van der Waals surface area (Å²) in [5.41, 5.74) is 3.59. The summed E-state index contributed by atoms with van der Waals surface area (Å²) >= 11 is 0. The first-order valence-electron chi connectivity index (χ1n) is 10.6. The molecule has 1 aliphatic rings. The fourth-order valence-corrected chi connectivity index (χ4v) is 4.00. The number of fused-ring (bicyclic) bond motifs is 2. The predicted octanol–water partition coefficient (Wildman–Crippen LogP) is 5.88. The Kier molecular flexibility index (Phi) is 7.41. The summed E-state index contributed by atoms with van der Waals surface area (Å²) in [7, 11) is 1.77. The van der Waals surface area contributed by atoms with Gasteiger partial charge in [0.05, 0.1) is 17.6 Å². The molecule has 3 aromatic rings. The molecule has 150 valence electrons. The molecule has 0 aliphatic carbocycles. The third-order valence-electron chi connectivity index (χ3n) is 5.69. The Bertz CT molecular complexity index is 825. The first kappa shape index (κ1) is 20.8. The predicted molar refractivity (Wildman–Crippen MR) is 120 cm³/mol.